The summed E-state index contributed by atoms with van der Waals surface area (Å²) in [6.45, 7) is 0.673. The Kier molecular flexibility index (Phi) is 3.64. The second-order valence-corrected chi connectivity index (χ2v) is 4.40. The molecule has 0 aliphatic heterocycles. The van der Waals surface area contributed by atoms with E-state index in [1.54, 1.807) is 17.4 Å². The average Bonchev–Trinajstić information content (AvgIpc) is 2.75. The maximum absolute atomic E-state index is 13.0. The van der Waals surface area contributed by atoms with Gasteiger partial charge in [0.25, 0.3) is 0 Å². The van der Waals surface area contributed by atoms with Crippen LogP contribution in [0.3, 0.4) is 0 Å². The smallest absolute Gasteiger partial charge is 0.123 e. The van der Waals surface area contributed by atoms with Gasteiger partial charge in [0.2, 0.25) is 0 Å². The minimum Gasteiger partial charge on any atom is -0.330 e. The lowest BCUT2D eigenvalue weighted by Gasteiger charge is -1.96. The molecule has 0 aliphatic carbocycles. The maximum atomic E-state index is 13.0. The SMILES string of the molecule is NCCCc1csc(-c2cccc(F)c2)n1. The van der Waals surface area contributed by atoms with Gasteiger partial charge in [0.05, 0.1) is 5.69 Å². The second kappa shape index (κ2) is 5.18. The van der Waals surface area contributed by atoms with Crippen molar-refractivity contribution < 1.29 is 4.39 Å². The van der Waals surface area contributed by atoms with Crippen molar-refractivity contribution in [3.05, 3.63) is 41.2 Å². The van der Waals surface area contributed by atoms with E-state index in [2.05, 4.69) is 4.98 Å². The number of aromatic nitrogens is 1. The third kappa shape index (κ3) is 2.65. The molecule has 4 heteroatoms. The second-order valence-electron chi connectivity index (χ2n) is 3.55. The van der Waals surface area contributed by atoms with Crippen molar-refractivity contribution in [2.24, 2.45) is 5.73 Å². The lowest BCUT2D eigenvalue weighted by atomic mass is 10.2. The van der Waals surface area contributed by atoms with E-state index in [1.807, 2.05) is 11.4 Å². The summed E-state index contributed by atoms with van der Waals surface area (Å²) >= 11 is 1.54. The summed E-state index contributed by atoms with van der Waals surface area (Å²) in [4.78, 5) is 4.46. The molecule has 16 heavy (non-hydrogen) atoms. The molecule has 2 nitrogen and oxygen atoms in total. The normalized spacial score (nSPS) is 10.6. The van der Waals surface area contributed by atoms with Crippen LogP contribution in [0.5, 0.6) is 0 Å². The fourth-order valence-corrected chi connectivity index (χ4v) is 2.31. The zero-order chi connectivity index (χ0) is 11.4. The van der Waals surface area contributed by atoms with Crippen LogP contribution in [-0.4, -0.2) is 11.5 Å². The Labute approximate surface area is 97.9 Å². The summed E-state index contributed by atoms with van der Waals surface area (Å²) in [5.74, 6) is -0.226. The van der Waals surface area contributed by atoms with Gasteiger partial charge >= 0.3 is 0 Å². The molecule has 1 aromatic carbocycles. The molecule has 84 valence electrons. The van der Waals surface area contributed by atoms with Crippen LogP contribution in [0.4, 0.5) is 4.39 Å². The van der Waals surface area contributed by atoms with Gasteiger partial charge in [-0.25, -0.2) is 9.37 Å². The van der Waals surface area contributed by atoms with Crippen LogP contribution in [0.15, 0.2) is 29.6 Å². The molecule has 0 spiro atoms. The Bertz CT molecular complexity index is 468. The molecular weight excluding hydrogens is 223 g/mol. The monoisotopic (exact) mass is 236 g/mol. The first-order valence-corrected chi connectivity index (χ1v) is 6.08. The van der Waals surface area contributed by atoms with Gasteiger partial charge in [-0.3, -0.25) is 0 Å². The number of hydrogen-bond acceptors (Lipinski definition) is 3. The van der Waals surface area contributed by atoms with E-state index in [1.165, 1.54) is 12.1 Å². The summed E-state index contributed by atoms with van der Waals surface area (Å²) in [6, 6.07) is 6.51. The van der Waals surface area contributed by atoms with Crippen molar-refractivity contribution in [2.45, 2.75) is 12.8 Å². The molecule has 0 fully saturated rings. The highest BCUT2D eigenvalue weighted by Crippen LogP contribution is 2.24. The van der Waals surface area contributed by atoms with Crippen LogP contribution in [0.25, 0.3) is 10.6 Å². The van der Waals surface area contributed by atoms with Crippen LogP contribution in [0.1, 0.15) is 12.1 Å². The average molecular weight is 236 g/mol. The van der Waals surface area contributed by atoms with Crippen molar-refractivity contribution in [1.29, 1.82) is 0 Å². The van der Waals surface area contributed by atoms with Gasteiger partial charge in [0.15, 0.2) is 0 Å². The lowest BCUT2D eigenvalue weighted by Crippen LogP contribution is -2.00. The van der Waals surface area contributed by atoms with E-state index < -0.39 is 0 Å². The van der Waals surface area contributed by atoms with Crippen molar-refractivity contribution in [3.8, 4) is 10.6 Å². The molecule has 0 amide bonds. The molecule has 2 N–H and O–H groups in total. The first-order chi connectivity index (χ1) is 7.79. The van der Waals surface area contributed by atoms with Crippen LogP contribution >= 0.6 is 11.3 Å². The minimum absolute atomic E-state index is 0.226. The van der Waals surface area contributed by atoms with Gasteiger partial charge in [0, 0.05) is 10.9 Å². The zero-order valence-electron chi connectivity index (χ0n) is 8.82. The van der Waals surface area contributed by atoms with Crippen molar-refractivity contribution >= 4 is 11.3 Å². The molecule has 0 unspecified atom stereocenters. The van der Waals surface area contributed by atoms with Gasteiger partial charge in [0.1, 0.15) is 10.8 Å². The predicted molar refractivity (Wildman–Crippen MR) is 64.9 cm³/mol. The minimum atomic E-state index is -0.226. The largest absolute Gasteiger partial charge is 0.330 e. The molecule has 1 aromatic heterocycles. The van der Waals surface area contributed by atoms with Gasteiger partial charge in [-0.05, 0) is 31.5 Å². The Morgan fingerprint density at radius 2 is 2.25 bits per heavy atom. The number of nitrogens with two attached hydrogens (primary N) is 1. The van der Waals surface area contributed by atoms with Crippen molar-refractivity contribution in [1.82, 2.24) is 4.98 Å². The van der Waals surface area contributed by atoms with E-state index in [4.69, 9.17) is 5.73 Å². The summed E-state index contributed by atoms with van der Waals surface area (Å²) < 4.78 is 13.0. The van der Waals surface area contributed by atoms with E-state index in [9.17, 15) is 4.39 Å². The zero-order valence-corrected chi connectivity index (χ0v) is 9.64. The number of thiazole rings is 1. The molecular formula is C12H13FN2S. The highest BCUT2D eigenvalue weighted by Gasteiger charge is 2.05. The quantitative estimate of drug-likeness (QED) is 0.886. The van der Waals surface area contributed by atoms with Crippen LogP contribution in [-0.2, 0) is 6.42 Å². The summed E-state index contributed by atoms with van der Waals surface area (Å²) in [7, 11) is 0. The fraction of sp³-hybridized carbons (Fsp3) is 0.250. The molecule has 0 saturated carbocycles. The van der Waals surface area contributed by atoms with E-state index in [0.717, 1.165) is 29.1 Å². The molecule has 0 bridgehead atoms. The van der Waals surface area contributed by atoms with Crippen molar-refractivity contribution in [3.63, 3.8) is 0 Å². The fourth-order valence-electron chi connectivity index (χ4n) is 1.46. The van der Waals surface area contributed by atoms with Gasteiger partial charge in [-0.15, -0.1) is 11.3 Å². The number of aryl methyl sites for hydroxylation is 1. The number of benzene rings is 1. The van der Waals surface area contributed by atoms with E-state index in [0.29, 0.717) is 6.54 Å². The number of rotatable bonds is 4. The highest BCUT2D eigenvalue weighted by molar-refractivity contribution is 7.13. The highest BCUT2D eigenvalue weighted by atomic mass is 32.1. The molecule has 0 atom stereocenters. The molecule has 2 aromatic rings. The predicted octanol–water partition coefficient (Wildman–Crippen LogP) is 2.84. The molecule has 0 saturated heterocycles. The first-order valence-electron chi connectivity index (χ1n) is 5.20. The Morgan fingerprint density at radius 1 is 1.38 bits per heavy atom. The van der Waals surface area contributed by atoms with E-state index in [-0.39, 0.29) is 5.82 Å². The standard InChI is InChI=1S/C12H13FN2S/c13-10-4-1-3-9(7-10)12-15-11(8-16-12)5-2-6-14/h1,3-4,7-8H,2,5-6,14H2. The third-order valence-corrected chi connectivity index (χ3v) is 3.20. The number of halogens is 1. The summed E-state index contributed by atoms with van der Waals surface area (Å²) in [6.07, 6.45) is 1.83. The van der Waals surface area contributed by atoms with Crippen LogP contribution < -0.4 is 5.73 Å². The maximum Gasteiger partial charge on any atom is 0.123 e. The molecule has 1 heterocycles. The Balaban J connectivity index is 2.18. The molecule has 0 aliphatic rings. The Hall–Kier alpha value is -1.26. The molecule has 0 radical (unpaired) electrons. The van der Waals surface area contributed by atoms with Crippen LogP contribution in [0, 0.1) is 5.82 Å². The van der Waals surface area contributed by atoms with Gasteiger partial charge < -0.3 is 5.73 Å². The van der Waals surface area contributed by atoms with Crippen molar-refractivity contribution in [2.75, 3.05) is 6.54 Å². The third-order valence-electron chi connectivity index (χ3n) is 2.26. The van der Waals surface area contributed by atoms with E-state index >= 15 is 0 Å². The first kappa shape index (κ1) is 11.2. The topological polar surface area (TPSA) is 38.9 Å². The van der Waals surface area contributed by atoms with Gasteiger partial charge in [-0.1, -0.05) is 12.1 Å². The molecule has 2 rings (SSSR count). The number of hydrogen-bond donors (Lipinski definition) is 1. The summed E-state index contributed by atoms with van der Waals surface area (Å²) in [5, 5.41) is 2.88. The number of nitrogens with zero attached hydrogens (tertiary/aromatic N) is 1. The van der Waals surface area contributed by atoms with Crippen LogP contribution in [0.2, 0.25) is 0 Å². The Morgan fingerprint density at radius 3 is 3.00 bits per heavy atom. The summed E-state index contributed by atoms with van der Waals surface area (Å²) in [5.41, 5.74) is 7.31. The lowest BCUT2D eigenvalue weighted by molar-refractivity contribution is 0.628. The van der Waals surface area contributed by atoms with Gasteiger partial charge in [-0.2, -0.15) is 0 Å².